The molecule has 0 spiro atoms. The third-order valence-corrected chi connectivity index (χ3v) is 5.55. The molecule has 1 aliphatic rings. The van der Waals surface area contributed by atoms with Crippen LogP contribution < -0.4 is 0 Å². The van der Waals surface area contributed by atoms with Crippen LogP contribution in [0.3, 0.4) is 0 Å². The summed E-state index contributed by atoms with van der Waals surface area (Å²) in [6.07, 6.45) is 2.40. The SMILES string of the molecule is c1ccc(C2CCN(Cc3nnc(-c4cc5ccccc5[nH]4)[nH]3)CC2)cc1. The van der Waals surface area contributed by atoms with Gasteiger partial charge in [-0.3, -0.25) is 4.90 Å². The van der Waals surface area contributed by atoms with Crippen molar-refractivity contribution in [3.63, 3.8) is 0 Å². The van der Waals surface area contributed by atoms with Crippen molar-refractivity contribution in [1.29, 1.82) is 0 Å². The summed E-state index contributed by atoms with van der Waals surface area (Å²) in [4.78, 5) is 9.26. The molecule has 136 valence electrons. The number of hydrogen-bond acceptors (Lipinski definition) is 3. The fourth-order valence-electron chi connectivity index (χ4n) is 4.05. The molecule has 3 heterocycles. The highest BCUT2D eigenvalue weighted by Gasteiger charge is 2.21. The number of aromatic nitrogens is 4. The van der Waals surface area contributed by atoms with Gasteiger partial charge in [0, 0.05) is 10.9 Å². The predicted molar refractivity (Wildman–Crippen MR) is 107 cm³/mol. The zero-order chi connectivity index (χ0) is 18.1. The van der Waals surface area contributed by atoms with E-state index in [9.17, 15) is 0 Å². The second kappa shape index (κ2) is 7.00. The molecule has 2 N–H and O–H groups in total. The Morgan fingerprint density at radius 3 is 2.48 bits per heavy atom. The summed E-state index contributed by atoms with van der Waals surface area (Å²) in [6.45, 7) is 3.03. The molecular formula is C22H23N5. The van der Waals surface area contributed by atoms with Gasteiger partial charge in [-0.2, -0.15) is 0 Å². The predicted octanol–water partition coefficient (Wildman–Crippen LogP) is 4.33. The van der Waals surface area contributed by atoms with Crippen LogP contribution in [-0.4, -0.2) is 38.2 Å². The minimum Gasteiger partial charge on any atom is -0.352 e. The first-order chi connectivity index (χ1) is 13.3. The zero-order valence-electron chi connectivity index (χ0n) is 15.2. The Kier molecular flexibility index (Phi) is 4.22. The highest BCUT2D eigenvalue weighted by Crippen LogP contribution is 2.28. The molecule has 27 heavy (non-hydrogen) atoms. The Balaban J connectivity index is 1.24. The smallest absolute Gasteiger partial charge is 0.177 e. The fourth-order valence-corrected chi connectivity index (χ4v) is 4.05. The van der Waals surface area contributed by atoms with Gasteiger partial charge in [-0.15, -0.1) is 10.2 Å². The van der Waals surface area contributed by atoms with E-state index in [0.29, 0.717) is 5.92 Å². The van der Waals surface area contributed by atoms with Crippen molar-refractivity contribution in [3.05, 3.63) is 72.1 Å². The van der Waals surface area contributed by atoms with Gasteiger partial charge in [-0.1, -0.05) is 48.5 Å². The minimum absolute atomic E-state index is 0.680. The Labute approximate surface area is 158 Å². The Hall–Kier alpha value is -2.92. The Bertz CT molecular complexity index is 992. The summed E-state index contributed by atoms with van der Waals surface area (Å²) < 4.78 is 0. The molecule has 0 bridgehead atoms. The van der Waals surface area contributed by atoms with Gasteiger partial charge in [0.2, 0.25) is 0 Å². The molecule has 1 saturated heterocycles. The number of fused-ring (bicyclic) bond motifs is 1. The van der Waals surface area contributed by atoms with Gasteiger partial charge in [0.25, 0.3) is 0 Å². The largest absolute Gasteiger partial charge is 0.352 e. The number of hydrogen-bond donors (Lipinski definition) is 2. The summed E-state index contributed by atoms with van der Waals surface area (Å²) in [5.74, 6) is 2.42. The fraction of sp³-hybridized carbons (Fsp3) is 0.273. The van der Waals surface area contributed by atoms with Gasteiger partial charge < -0.3 is 9.97 Å². The van der Waals surface area contributed by atoms with Gasteiger partial charge >= 0.3 is 0 Å². The van der Waals surface area contributed by atoms with E-state index in [1.54, 1.807) is 0 Å². The van der Waals surface area contributed by atoms with Crippen molar-refractivity contribution in [2.24, 2.45) is 0 Å². The molecule has 0 saturated carbocycles. The van der Waals surface area contributed by atoms with E-state index in [1.807, 2.05) is 12.1 Å². The van der Waals surface area contributed by atoms with Crippen LogP contribution >= 0.6 is 0 Å². The van der Waals surface area contributed by atoms with Gasteiger partial charge in [-0.25, -0.2) is 0 Å². The van der Waals surface area contributed by atoms with E-state index in [0.717, 1.165) is 42.5 Å². The van der Waals surface area contributed by atoms with Crippen molar-refractivity contribution in [2.45, 2.75) is 25.3 Å². The summed E-state index contributed by atoms with van der Waals surface area (Å²) >= 11 is 0. The molecule has 5 heteroatoms. The van der Waals surface area contributed by atoms with Crippen LogP contribution in [0.5, 0.6) is 0 Å². The van der Waals surface area contributed by atoms with E-state index in [-0.39, 0.29) is 0 Å². The maximum Gasteiger partial charge on any atom is 0.177 e. The number of rotatable bonds is 4. The Morgan fingerprint density at radius 1 is 0.889 bits per heavy atom. The van der Waals surface area contributed by atoms with Crippen LogP contribution in [0.4, 0.5) is 0 Å². The van der Waals surface area contributed by atoms with Gasteiger partial charge in [0.1, 0.15) is 5.82 Å². The highest BCUT2D eigenvalue weighted by atomic mass is 15.3. The maximum absolute atomic E-state index is 4.37. The molecule has 2 aromatic heterocycles. The number of para-hydroxylation sites is 1. The van der Waals surface area contributed by atoms with Crippen LogP contribution in [0.25, 0.3) is 22.4 Å². The summed E-state index contributed by atoms with van der Waals surface area (Å²) in [5, 5.41) is 9.90. The third-order valence-electron chi connectivity index (χ3n) is 5.55. The minimum atomic E-state index is 0.680. The molecule has 1 aliphatic heterocycles. The van der Waals surface area contributed by atoms with Crippen LogP contribution in [0.2, 0.25) is 0 Å². The van der Waals surface area contributed by atoms with Crippen molar-refractivity contribution in [2.75, 3.05) is 13.1 Å². The molecule has 1 fully saturated rings. The van der Waals surface area contributed by atoms with E-state index < -0.39 is 0 Å². The first-order valence-corrected chi connectivity index (χ1v) is 9.62. The number of benzene rings is 2. The molecule has 0 amide bonds. The molecule has 0 unspecified atom stereocenters. The van der Waals surface area contributed by atoms with Gasteiger partial charge in [-0.05, 0) is 49.5 Å². The lowest BCUT2D eigenvalue weighted by Crippen LogP contribution is -2.32. The summed E-state index contributed by atoms with van der Waals surface area (Å²) in [6, 6.07) is 21.3. The van der Waals surface area contributed by atoms with E-state index >= 15 is 0 Å². The zero-order valence-corrected chi connectivity index (χ0v) is 15.2. The number of H-pyrrole nitrogens is 2. The average Bonchev–Trinajstić information content (AvgIpc) is 3.36. The molecule has 2 aromatic carbocycles. The summed E-state index contributed by atoms with van der Waals surface area (Å²) in [5.41, 5.74) is 3.57. The first kappa shape index (κ1) is 16.3. The van der Waals surface area contributed by atoms with Crippen LogP contribution in [0, 0.1) is 0 Å². The van der Waals surface area contributed by atoms with Crippen molar-refractivity contribution >= 4 is 10.9 Å². The molecule has 0 atom stereocenters. The second-order valence-electron chi connectivity index (χ2n) is 7.35. The van der Waals surface area contributed by atoms with Crippen LogP contribution in [0.1, 0.15) is 30.1 Å². The molecule has 0 aliphatic carbocycles. The second-order valence-corrected chi connectivity index (χ2v) is 7.35. The first-order valence-electron chi connectivity index (χ1n) is 9.62. The van der Waals surface area contributed by atoms with Gasteiger partial charge in [0.05, 0.1) is 12.2 Å². The van der Waals surface area contributed by atoms with Gasteiger partial charge in [0.15, 0.2) is 5.82 Å². The maximum atomic E-state index is 4.37. The highest BCUT2D eigenvalue weighted by molar-refractivity contribution is 5.84. The van der Waals surface area contributed by atoms with E-state index in [2.05, 4.69) is 73.6 Å². The molecule has 0 radical (unpaired) electrons. The molecule has 5 rings (SSSR count). The molecule has 5 nitrogen and oxygen atoms in total. The normalized spacial score (nSPS) is 16.1. The standard InChI is InChI=1S/C22H23N5/c1-2-6-16(7-3-1)17-10-12-27(13-11-17)15-21-24-22(26-25-21)20-14-18-8-4-5-9-19(18)23-20/h1-9,14,17,23H,10-13,15H2,(H,24,25,26). The molecule has 4 aromatic rings. The van der Waals surface area contributed by atoms with E-state index in [4.69, 9.17) is 0 Å². The average molecular weight is 357 g/mol. The topological polar surface area (TPSA) is 60.6 Å². The monoisotopic (exact) mass is 357 g/mol. The van der Waals surface area contributed by atoms with Crippen molar-refractivity contribution in [3.8, 4) is 11.5 Å². The lowest BCUT2D eigenvalue weighted by Gasteiger charge is -2.31. The third kappa shape index (κ3) is 3.38. The number of aromatic amines is 2. The number of piperidine rings is 1. The van der Waals surface area contributed by atoms with E-state index in [1.165, 1.54) is 23.8 Å². The number of nitrogens with zero attached hydrogens (tertiary/aromatic N) is 3. The number of likely N-dealkylation sites (tertiary alicyclic amines) is 1. The van der Waals surface area contributed by atoms with Crippen molar-refractivity contribution in [1.82, 2.24) is 25.1 Å². The van der Waals surface area contributed by atoms with Crippen LogP contribution in [-0.2, 0) is 6.54 Å². The lowest BCUT2D eigenvalue weighted by molar-refractivity contribution is 0.200. The Morgan fingerprint density at radius 2 is 1.67 bits per heavy atom. The lowest BCUT2D eigenvalue weighted by atomic mass is 9.89. The van der Waals surface area contributed by atoms with Crippen molar-refractivity contribution < 1.29 is 0 Å². The van der Waals surface area contributed by atoms with Crippen LogP contribution in [0.15, 0.2) is 60.7 Å². The number of nitrogens with one attached hydrogen (secondary N) is 2. The summed E-state index contributed by atoms with van der Waals surface area (Å²) in [7, 11) is 0. The molecular weight excluding hydrogens is 334 g/mol. The quantitative estimate of drug-likeness (QED) is 0.571.